The van der Waals surface area contributed by atoms with Crippen LogP contribution in [0.1, 0.15) is 38.0 Å². The van der Waals surface area contributed by atoms with Crippen molar-refractivity contribution in [1.29, 1.82) is 0 Å². The number of nitrogens with one attached hydrogen (secondary N) is 2. The van der Waals surface area contributed by atoms with Crippen LogP contribution in [0.25, 0.3) is 11.2 Å². The van der Waals surface area contributed by atoms with Crippen LogP contribution >= 0.6 is 12.2 Å². The van der Waals surface area contributed by atoms with Gasteiger partial charge in [-0.2, -0.15) is 0 Å². The van der Waals surface area contributed by atoms with E-state index in [1.54, 1.807) is 10.9 Å². The van der Waals surface area contributed by atoms with Crippen LogP contribution in [-0.4, -0.2) is 54.0 Å². The first kappa shape index (κ1) is 22.3. The molecule has 2 aromatic heterocycles. The van der Waals surface area contributed by atoms with E-state index in [1.807, 2.05) is 12.1 Å². The van der Waals surface area contributed by atoms with Crippen molar-refractivity contribution in [3.05, 3.63) is 40.8 Å². The average molecular weight is 434 g/mol. The van der Waals surface area contributed by atoms with Gasteiger partial charge in [-0.15, -0.1) is 0 Å². The van der Waals surface area contributed by atoms with Gasteiger partial charge in [0.1, 0.15) is 23.5 Å². The number of aliphatic hydroxyl groups excluding tert-OH is 2. The largest absolute Gasteiger partial charge is 0.412 e. The van der Waals surface area contributed by atoms with Crippen LogP contribution < -0.4 is 5.32 Å². The van der Waals surface area contributed by atoms with E-state index in [0.717, 1.165) is 12.1 Å². The van der Waals surface area contributed by atoms with Crippen LogP contribution in [0.15, 0.2) is 30.6 Å². The molecule has 0 spiro atoms. The number of aromatic nitrogens is 4. The van der Waals surface area contributed by atoms with Crippen molar-refractivity contribution in [3.63, 3.8) is 0 Å². The maximum atomic E-state index is 10.0. The molecule has 4 rings (SSSR count). The van der Waals surface area contributed by atoms with Crippen LogP contribution in [0, 0.1) is 4.64 Å². The molecule has 1 aliphatic heterocycles. The second kappa shape index (κ2) is 9.63. The van der Waals surface area contributed by atoms with Crippen molar-refractivity contribution < 1.29 is 20.4 Å². The first-order chi connectivity index (χ1) is 14.1. The third-order valence-corrected chi connectivity index (χ3v) is 5.46. The van der Waals surface area contributed by atoms with Gasteiger partial charge in [0.2, 0.25) is 5.95 Å². The summed E-state index contributed by atoms with van der Waals surface area (Å²) in [5.41, 5.74) is 3.43. The van der Waals surface area contributed by atoms with E-state index in [9.17, 15) is 10.2 Å². The topological polar surface area (TPSA) is 140 Å². The number of benzene rings is 1. The Balaban J connectivity index is 0.00000256. The van der Waals surface area contributed by atoms with Crippen molar-refractivity contribution in [3.8, 4) is 0 Å². The van der Waals surface area contributed by atoms with Gasteiger partial charge in [0, 0.05) is 12.1 Å². The Morgan fingerprint density at radius 2 is 2.10 bits per heavy atom. The van der Waals surface area contributed by atoms with E-state index in [-0.39, 0.29) is 12.1 Å². The van der Waals surface area contributed by atoms with Crippen LogP contribution in [0.2, 0.25) is 0 Å². The molecule has 6 N–H and O–H groups in total. The molecule has 0 unspecified atom stereocenters. The number of fused-ring (bicyclic) bond motifs is 1. The van der Waals surface area contributed by atoms with Crippen molar-refractivity contribution in [2.75, 3.05) is 11.9 Å². The van der Waals surface area contributed by atoms with Gasteiger partial charge in [-0.05, 0) is 30.5 Å². The summed E-state index contributed by atoms with van der Waals surface area (Å²) in [5.74, 6) is 0.503. The summed E-state index contributed by atoms with van der Waals surface area (Å²) >= 11 is 5.41. The summed E-state index contributed by atoms with van der Waals surface area (Å²) in [6.45, 7) is 1.95. The molecule has 1 aliphatic rings. The maximum Gasteiger partial charge on any atom is 0.207 e. The number of aliphatic hydroxyl groups is 2. The molecule has 0 aliphatic carbocycles. The molecule has 3 atom stereocenters. The highest BCUT2D eigenvalue weighted by Gasteiger charge is 2.35. The van der Waals surface area contributed by atoms with E-state index in [4.69, 9.17) is 17.0 Å². The number of ether oxygens (including phenoxy) is 1. The standard InChI is InChI=1S/C20H25N5O3S.H2O/c1-2-3-4-12-5-7-13(8-6-12)22-20-23-18-17(19(29)24-20)21-11-25(18)16-9-14(27)15(10-26)28-16;/h5-8,11,14-16,26-27H,2-4,9-10H2,1H3,(H2,22,23,24,29);1H2/t14-,15+,16-;/m0./s1. The molecule has 0 saturated carbocycles. The number of aromatic amines is 1. The first-order valence-corrected chi connectivity index (χ1v) is 10.3. The zero-order chi connectivity index (χ0) is 20.4. The predicted octanol–water partition coefficient (Wildman–Crippen LogP) is 2.39. The number of H-pyrrole nitrogens is 1. The fourth-order valence-electron chi connectivity index (χ4n) is 3.54. The molecule has 30 heavy (non-hydrogen) atoms. The van der Waals surface area contributed by atoms with Crippen molar-refractivity contribution in [2.24, 2.45) is 0 Å². The molecule has 0 radical (unpaired) electrons. The van der Waals surface area contributed by atoms with Gasteiger partial charge in [-0.3, -0.25) is 4.57 Å². The Labute approximate surface area is 179 Å². The predicted molar refractivity (Wildman–Crippen MR) is 116 cm³/mol. The van der Waals surface area contributed by atoms with E-state index in [0.29, 0.717) is 28.2 Å². The normalized spacial score (nSPS) is 21.0. The lowest BCUT2D eigenvalue weighted by Crippen LogP contribution is -2.24. The minimum atomic E-state index is -0.726. The lowest BCUT2D eigenvalue weighted by molar-refractivity contribution is -0.0432. The van der Waals surface area contributed by atoms with Gasteiger partial charge in [0.25, 0.3) is 0 Å². The molecule has 9 nitrogen and oxygen atoms in total. The molecule has 10 heteroatoms. The summed E-state index contributed by atoms with van der Waals surface area (Å²) in [5, 5.41) is 22.6. The minimum absolute atomic E-state index is 0. The fraction of sp³-hybridized carbons (Fsp3) is 0.450. The lowest BCUT2D eigenvalue weighted by Gasteiger charge is -2.14. The molecular formula is C20H27N5O4S. The molecular weight excluding hydrogens is 406 g/mol. The fourth-order valence-corrected chi connectivity index (χ4v) is 3.78. The molecule has 1 aromatic carbocycles. The summed E-state index contributed by atoms with van der Waals surface area (Å²) in [6.07, 6.45) is 3.63. The highest BCUT2D eigenvalue weighted by molar-refractivity contribution is 7.71. The molecule has 3 heterocycles. The Morgan fingerprint density at radius 1 is 1.33 bits per heavy atom. The highest BCUT2D eigenvalue weighted by atomic mass is 32.1. The molecule has 0 amide bonds. The summed E-state index contributed by atoms with van der Waals surface area (Å²) < 4.78 is 7.90. The van der Waals surface area contributed by atoms with E-state index in [1.165, 1.54) is 18.4 Å². The number of nitrogens with zero attached hydrogens (tertiary/aromatic N) is 3. The maximum absolute atomic E-state index is 10.0. The average Bonchev–Trinajstić information content (AvgIpc) is 3.30. The molecule has 0 bridgehead atoms. The smallest absolute Gasteiger partial charge is 0.207 e. The Kier molecular flexibility index (Phi) is 7.16. The van der Waals surface area contributed by atoms with Crippen LogP contribution in [0.4, 0.5) is 11.6 Å². The van der Waals surface area contributed by atoms with Crippen LogP contribution in [0.5, 0.6) is 0 Å². The number of imidazole rings is 1. The number of aryl methyl sites for hydroxylation is 1. The molecule has 162 valence electrons. The van der Waals surface area contributed by atoms with Gasteiger partial charge < -0.3 is 30.7 Å². The van der Waals surface area contributed by atoms with Gasteiger partial charge in [-0.25, -0.2) is 9.97 Å². The van der Waals surface area contributed by atoms with Gasteiger partial charge in [0.15, 0.2) is 4.64 Å². The number of anilines is 2. The Morgan fingerprint density at radius 3 is 2.77 bits per heavy atom. The molecule has 1 fully saturated rings. The second-order valence-electron chi connectivity index (χ2n) is 7.28. The van der Waals surface area contributed by atoms with Crippen molar-refractivity contribution >= 4 is 35.0 Å². The van der Waals surface area contributed by atoms with E-state index in [2.05, 4.69) is 39.3 Å². The molecule has 1 saturated heterocycles. The summed E-state index contributed by atoms with van der Waals surface area (Å²) in [7, 11) is 0. The van der Waals surface area contributed by atoms with Crippen LogP contribution in [0.3, 0.4) is 0 Å². The third kappa shape index (κ3) is 4.52. The van der Waals surface area contributed by atoms with Crippen molar-refractivity contribution in [1.82, 2.24) is 19.5 Å². The number of rotatable bonds is 7. The van der Waals surface area contributed by atoms with E-state index < -0.39 is 18.4 Å². The lowest BCUT2D eigenvalue weighted by atomic mass is 10.1. The third-order valence-electron chi connectivity index (χ3n) is 5.18. The number of hydrogen-bond acceptors (Lipinski definition) is 7. The highest BCUT2D eigenvalue weighted by Crippen LogP contribution is 2.31. The van der Waals surface area contributed by atoms with Crippen LogP contribution in [-0.2, 0) is 11.2 Å². The quantitative estimate of drug-likeness (QED) is 0.419. The number of unbranched alkanes of at least 4 members (excludes halogenated alkanes) is 1. The number of hydrogen-bond donors (Lipinski definition) is 4. The minimum Gasteiger partial charge on any atom is -0.412 e. The first-order valence-electron chi connectivity index (χ1n) is 9.86. The van der Waals surface area contributed by atoms with Gasteiger partial charge in [0.05, 0.1) is 19.0 Å². The summed E-state index contributed by atoms with van der Waals surface area (Å²) in [6, 6.07) is 8.26. The Bertz CT molecular complexity index is 1040. The van der Waals surface area contributed by atoms with Gasteiger partial charge in [-0.1, -0.05) is 37.7 Å². The Hall–Kier alpha value is -2.37. The van der Waals surface area contributed by atoms with E-state index >= 15 is 0 Å². The zero-order valence-corrected chi connectivity index (χ0v) is 17.5. The monoisotopic (exact) mass is 433 g/mol. The van der Waals surface area contributed by atoms with Gasteiger partial charge >= 0.3 is 0 Å². The zero-order valence-electron chi connectivity index (χ0n) is 16.7. The molecule has 3 aromatic rings. The SMILES string of the molecule is CCCCc1ccc(Nc2nc(=S)c3ncn([C@@H]4C[C@H](O)[C@@H](CO)O4)c3[nH]2)cc1.O. The van der Waals surface area contributed by atoms with Crippen molar-refractivity contribution in [2.45, 2.75) is 51.0 Å². The second-order valence-corrected chi connectivity index (χ2v) is 7.67. The summed E-state index contributed by atoms with van der Waals surface area (Å²) in [4.78, 5) is 12.0.